The number of halogens is 1. The van der Waals surface area contributed by atoms with Crippen molar-refractivity contribution >= 4 is 23.4 Å². The Morgan fingerprint density at radius 2 is 2.08 bits per heavy atom. The number of nitrogens with zero attached hydrogens (tertiary/aromatic N) is 2. The SMILES string of the molecule is Cc1cc(Cl)ccc1OCC(=O)N1CCC2(CC1)CN(C)C(=O)CO2. The van der Waals surface area contributed by atoms with Crippen LogP contribution in [-0.2, 0) is 14.3 Å². The van der Waals surface area contributed by atoms with Gasteiger partial charge in [0.25, 0.3) is 5.91 Å². The summed E-state index contributed by atoms with van der Waals surface area (Å²) in [5.41, 5.74) is 0.591. The third-order valence-corrected chi connectivity index (χ3v) is 5.20. The number of likely N-dealkylation sites (tertiary alicyclic amines) is 1. The Bertz CT molecular complexity index is 671. The number of carbonyl (C=O) groups is 2. The molecule has 2 amide bonds. The Hall–Kier alpha value is -1.79. The monoisotopic (exact) mass is 366 g/mol. The highest BCUT2D eigenvalue weighted by molar-refractivity contribution is 6.30. The maximum atomic E-state index is 12.4. The molecule has 1 aromatic carbocycles. The van der Waals surface area contributed by atoms with E-state index < -0.39 is 0 Å². The van der Waals surface area contributed by atoms with Crippen LogP contribution in [0.4, 0.5) is 0 Å². The van der Waals surface area contributed by atoms with Crippen LogP contribution in [0.15, 0.2) is 18.2 Å². The smallest absolute Gasteiger partial charge is 0.260 e. The lowest BCUT2D eigenvalue weighted by atomic mass is 9.89. The Kier molecular flexibility index (Phi) is 5.20. The summed E-state index contributed by atoms with van der Waals surface area (Å²) in [7, 11) is 1.80. The topological polar surface area (TPSA) is 59.1 Å². The van der Waals surface area contributed by atoms with Crippen LogP contribution in [0.25, 0.3) is 0 Å². The highest BCUT2D eigenvalue weighted by Gasteiger charge is 2.41. The summed E-state index contributed by atoms with van der Waals surface area (Å²) in [6.07, 6.45) is 1.46. The van der Waals surface area contributed by atoms with Gasteiger partial charge in [0.2, 0.25) is 5.91 Å². The van der Waals surface area contributed by atoms with E-state index >= 15 is 0 Å². The molecule has 2 saturated heterocycles. The zero-order valence-corrected chi connectivity index (χ0v) is 15.3. The maximum absolute atomic E-state index is 12.4. The normalized spacial score (nSPS) is 20.0. The van der Waals surface area contributed by atoms with E-state index in [9.17, 15) is 9.59 Å². The van der Waals surface area contributed by atoms with Crippen LogP contribution in [-0.4, -0.2) is 67.1 Å². The lowest BCUT2D eigenvalue weighted by Gasteiger charge is -2.46. The van der Waals surface area contributed by atoms with Crippen molar-refractivity contribution < 1.29 is 19.1 Å². The van der Waals surface area contributed by atoms with Crippen molar-refractivity contribution in [3.8, 4) is 5.75 Å². The molecule has 7 heteroatoms. The van der Waals surface area contributed by atoms with Gasteiger partial charge in [-0.05, 0) is 43.5 Å². The van der Waals surface area contributed by atoms with Gasteiger partial charge in [0.15, 0.2) is 6.61 Å². The summed E-state index contributed by atoms with van der Waals surface area (Å²) in [6.45, 7) is 3.86. The number of ether oxygens (including phenoxy) is 2. The Morgan fingerprint density at radius 1 is 1.36 bits per heavy atom. The van der Waals surface area contributed by atoms with Crippen molar-refractivity contribution in [2.45, 2.75) is 25.4 Å². The van der Waals surface area contributed by atoms with Crippen LogP contribution in [0.3, 0.4) is 0 Å². The Labute approximate surface area is 152 Å². The van der Waals surface area contributed by atoms with Crippen LogP contribution in [0.5, 0.6) is 5.75 Å². The third-order valence-electron chi connectivity index (χ3n) is 4.97. The molecule has 25 heavy (non-hydrogen) atoms. The molecular weight excluding hydrogens is 344 g/mol. The highest BCUT2D eigenvalue weighted by atomic mass is 35.5. The lowest BCUT2D eigenvalue weighted by Crippen LogP contribution is -2.58. The average Bonchev–Trinajstić information content (AvgIpc) is 2.58. The lowest BCUT2D eigenvalue weighted by molar-refractivity contribution is -0.171. The van der Waals surface area contributed by atoms with Gasteiger partial charge in [-0.15, -0.1) is 0 Å². The predicted molar refractivity (Wildman–Crippen MR) is 93.8 cm³/mol. The number of rotatable bonds is 3. The van der Waals surface area contributed by atoms with E-state index in [2.05, 4.69) is 0 Å². The molecule has 0 radical (unpaired) electrons. The van der Waals surface area contributed by atoms with Gasteiger partial charge in [-0.2, -0.15) is 0 Å². The number of hydrogen-bond donors (Lipinski definition) is 0. The summed E-state index contributed by atoms with van der Waals surface area (Å²) in [5.74, 6) is 0.641. The molecule has 0 N–H and O–H groups in total. The zero-order valence-electron chi connectivity index (χ0n) is 14.6. The number of aryl methyl sites for hydroxylation is 1. The van der Waals surface area contributed by atoms with Crippen molar-refractivity contribution in [1.29, 1.82) is 0 Å². The van der Waals surface area contributed by atoms with Crippen LogP contribution in [0.2, 0.25) is 5.02 Å². The first kappa shape index (κ1) is 18.0. The van der Waals surface area contributed by atoms with E-state index in [0.717, 1.165) is 18.4 Å². The van der Waals surface area contributed by atoms with Gasteiger partial charge in [0.1, 0.15) is 12.4 Å². The number of benzene rings is 1. The fraction of sp³-hybridized carbons (Fsp3) is 0.556. The number of carbonyl (C=O) groups excluding carboxylic acids is 2. The van der Waals surface area contributed by atoms with Gasteiger partial charge in [0, 0.05) is 31.7 Å². The first-order chi connectivity index (χ1) is 11.9. The quantitative estimate of drug-likeness (QED) is 0.819. The van der Waals surface area contributed by atoms with E-state index in [1.165, 1.54) is 0 Å². The number of amides is 2. The molecular formula is C18H23ClN2O4. The minimum atomic E-state index is -0.312. The molecule has 0 aromatic heterocycles. The van der Waals surface area contributed by atoms with E-state index in [0.29, 0.717) is 30.4 Å². The van der Waals surface area contributed by atoms with E-state index in [-0.39, 0.29) is 30.6 Å². The number of morpholine rings is 1. The minimum absolute atomic E-state index is 0.00865. The molecule has 6 nitrogen and oxygen atoms in total. The Morgan fingerprint density at radius 3 is 2.72 bits per heavy atom. The second-order valence-corrected chi connectivity index (χ2v) is 7.24. The summed E-state index contributed by atoms with van der Waals surface area (Å²) in [4.78, 5) is 27.5. The van der Waals surface area contributed by atoms with Crippen LogP contribution >= 0.6 is 11.6 Å². The van der Waals surface area contributed by atoms with Gasteiger partial charge < -0.3 is 19.3 Å². The molecule has 0 saturated carbocycles. The molecule has 0 aliphatic carbocycles. The molecule has 2 aliphatic heterocycles. The van der Waals surface area contributed by atoms with Gasteiger partial charge in [-0.3, -0.25) is 9.59 Å². The van der Waals surface area contributed by atoms with Crippen LogP contribution < -0.4 is 4.74 Å². The second kappa shape index (κ2) is 7.22. The minimum Gasteiger partial charge on any atom is -0.483 e. The fourth-order valence-corrected chi connectivity index (χ4v) is 3.59. The standard InChI is InChI=1S/C18H23ClN2O4/c1-13-9-14(19)3-4-15(13)24-10-17(23)21-7-5-18(6-8-21)12-20(2)16(22)11-25-18/h3-4,9H,5-8,10-12H2,1-2H3. The van der Waals surface area contributed by atoms with Crippen molar-refractivity contribution in [2.24, 2.45) is 0 Å². The van der Waals surface area contributed by atoms with Crippen molar-refractivity contribution in [3.05, 3.63) is 28.8 Å². The van der Waals surface area contributed by atoms with E-state index in [4.69, 9.17) is 21.1 Å². The molecule has 0 atom stereocenters. The van der Waals surface area contributed by atoms with Crippen LogP contribution in [0, 0.1) is 6.92 Å². The molecule has 3 rings (SSSR count). The third kappa shape index (κ3) is 4.07. The molecule has 1 aromatic rings. The number of likely N-dealkylation sites (N-methyl/N-ethyl adjacent to an activating group) is 1. The number of hydrogen-bond acceptors (Lipinski definition) is 4. The molecule has 1 spiro atoms. The van der Waals surface area contributed by atoms with Gasteiger partial charge >= 0.3 is 0 Å². The summed E-state index contributed by atoms with van der Waals surface area (Å²) >= 11 is 5.92. The van der Waals surface area contributed by atoms with Gasteiger partial charge in [-0.25, -0.2) is 0 Å². The maximum Gasteiger partial charge on any atom is 0.260 e. The zero-order chi connectivity index (χ0) is 18.0. The molecule has 0 bridgehead atoms. The van der Waals surface area contributed by atoms with Crippen molar-refractivity contribution in [2.75, 3.05) is 39.9 Å². The van der Waals surface area contributed by atoms with Crippen molar-refractivity contribution in [1.82, 2.24) is 9.80 Å². The molecule has 2 fully saturated rings. The molecule has 2 aliphatic rings. The Balaban J connectivity index is 1.51. The predicted octanol–water partition coefficient (Wildman–Crippen LogP) is 1.88. The van der Waals surface area contributed by atoms with Crippen molar-refractivity contribution in [3.63, 3.8) is 0 Å². The fourth-order valence-electron chi connectivity index (χ4n) is 3.36. The van der Waals surface area contributed by atoms with E-state index in [1.807, 2.05) is 13.0 Å². The number of piperidine rings is 1. The second-order valence-electron chi connectivity index (χ2n) is 6.80. The van der Waals surface area contributed by atoms with Gasteiger partial charge in [-0.1, -0.05) is 11.6 Å². The summed E-state index contributed by atoms with van der Waals surface area (Å²) in [5, 5.41) is 0.647. The largest absolute Gasteiger partial charge is 0.483 e. The molecule has 2 heterocycles. The summed E-state index contributed by atoms with van der Waals surface area (Å²) in [6, 6.07) is 5.33. The molecule has 136 valence electrons. The van der Waals surface area contributed by atoms with Crippen LogP contribution in [0.1, 0.15) is 18.4 Å². The highest BCUT2D eigenvalue weighted by Crippen LogP contribution is 2.30. The van der Waals surface area contributed by atoms with E-state index in [1.54, 1.807) is 29.0 Å². The summed E-state index contributed by atoms with van der Waals surface area (Å²) < 4.78 is 11.4. The first-order valence-electron chi connectivity index (χ1n) is 8.43. The van der Waals surface area contributed by atoms with Gasteiger partial charge in [0.05, 0.1) is 5.60 Å². The molecule has 0 unspecified atom stereocenters. The first-order valence-corrected chi connectivity index (χ1v) is 8.81. The average molecular weight is 367 g/mol.